The summed E-state index contributed by atoms with van der Waals surface area (Å²) in [5.74, 6) is 2.83. The van der Waals surface area contributed by atoms with Crippen molar-refractivity contribution < 1.29 is 38.0 Å². The first-order valence-corrected chi connectivity index (χ1v) is 12.1. The molecule has 0 spiro atoms. The van der Waals surface area contributed by atoms with E-state index in [-0.39, 0.29) is 0 Å². The minimum absolute atomic E-state index is 0.367. The number of amides is 1. The highest BCUT2D eigenvalue weighted by Crippen LogP contribution is 2.41. The summed E-state index contributed by atoms with van der Waals surface area (Å²) >= 11 is 0. The van der Waals surface area contributed by atoms with Crippen LogP contribution < -0.4 is 44.2 Å². The zero-order valence-corrected chi connectivity index (χ0v) is 23.6. The van der Waals surface area contributed by atoms with Crippen LogP contribution >= 0.6 is 0 Å². The van der Waals surface area contributed by atoms with E-state index in [9.17, 15) is 4.79 Å². The lowest BCUT2D eigenvalue weighted by atomic mass is 10.1. The molecule has 3 aromatic carbocycles. The van der Waals surface area contributed by atoms with Crippen molar-refractivity contribution in [3.8, 4) is 40.2 Å². The Bertz CT molecular complexity index is 1390. The summed E-state index contributed by atoms with van der Waals surface area (Å²) in [6.07, 6.45) is 6.68. The van der Waals surface area contributed by atoms with Crippen molar-refractivity contribution in [3.05, 3.63) is 59.2 Å². The average Bonchev–Trinajstić information content (AvgIpc) is 2.97. The smallest absolute Gasteiger partial charge is 0.248 e. The van der Waals surface area contributed by atoms with E-state index in [1.165, 1.54) is 34.5 Å². The molecule has 0 aliphatic carbocycles. The number of methoxy groups -OCH3 is 7. The maximum Gasteiger partial charge on any atom is 0.248 e. The summed E-state index contributed by atoms with van der Waals surface area (Å²) in [4.78, 5) is 13.0. The van der Waals surface area contributed by atoms with Gasteiger partial charge in [-0.1, -0.05) is 12.2 Å². The molecule has 10 nitrogen and oxygen atoms in total. The number of benzene rings is 3. The van der Waals surface area contributed by atoms with Gasteiger partial charge in [0.2, 0.25) is 11.7 Å². The Morgan fingerprint density at radius 1 is 0.625 bits per heavy atom. The number of anilines is 2. The van der Waals surface area contributed by atoms with E-state index < -0.39 is 5.91 Å². The van der Waals surface area contributed by atoms with Crippen molar-refractivity contribution in [2.24, 2.45) is 0 Å². The summed E-state index contributed by atoms with van der Waals surface area (Å²) in [6.45, 7) is 0. The fraction of sp³-hybridized carbons (Fsp3) is 0.233. The highest BCUT2D eigenvalue weighted by molar-refractivity contribution is 6.05. The predicted octanol–water partition coefficient (Wildman–Crippen LogP) is 5.15. The first kappa shape index (κ1) is 29.6. The number of ether oxygens (including phenoxy) is 7. The second-order valence-corrected chi connectivity index (χ2v) is 8.23. The summed E-state index contributed by atoms with van der Waals surface area (Å²) in [5, 5.41) is 2.90. The molecule has 0 radical (unpaired) electrons. The molecule has 3 N–H and O–H groups in total. The second kappa shape index (κ2) is 13.7. The normalized spacial score (nSPS) is 10.9. The maximum absolute atomic E-state index is 13.0. The first-order valence-electron chi connectivity index (χ1n) is 12.1. The molecule has 40 heavy (non-hydrogen) atoms. The second-order valence-electron chi connectivity index (χ2n) is 8.23. The van der Waals surface area contributed by atoms with Crippen molar-refractivity contribution >= 4 is 35.5 Å². The van der Waals surface area contributed by atoms with Crippen molar-refractivity contribution in [2.75, 3.05) is 60.8 Å². The van der Waals surface area contributed by atoms with E-state index in [4.69, 9.17) is 38.9 Å². The molecule has 0 aliphatic heterocycles. The Morgan fingerprint density at radius 2 is 1.15 bits per heavy atom. The monoisotopic (exact) mass is 550 g/mol. The van der Waals surface area contributed by atoms with Crippen LogP contribution in [0.1, 0.15) is 16.7 Å². The van der Waals surface area contributed by atoms with Gasteiger partial charge in [0.1, 0.15) is 0 Å². The van der Waals surface area contributed by atoms with E-state index in [1.54, 1.807) is 45.6 Å². The van der Waals surface area contributed by atoms with Crippen molar-refractivity contribution in [3.63, 3.8) is 0 Å². The third-order valence-corrected chi connectivity index (χ3v) is 5.93. The van der Waals surface area contributed by atoms with Crippen molar-refractivity contribution in [1.82, 2.24) is 0 Å². The van der Waals surface area contributed by atoms with Gasteiger partial charge in [0.25, 0.3) is 0 Å². The third kappa shape index (κ3) is 6.52. The Hall–Kier alpha value is -4.99. The molecule has 0 saturated heterocycles. The van der Waals surface area contributed by atoms with Gasteiger partial charge in [-0.3, -0.25) is 4.79 Å². The number of rotatable bonds is 12. The van der Waals surface area contributed by atoms with Crippen LogP contribution in [0.5, 0.6) is 40.2 Å². The Labute approximate surface area is 233 Å². The molecule has 0 heterocycles. The number of nitrogens with one attached hydrogen (secondary N) is 1. The lowest BCUT2D eigenvalue weighted by Gasteiger charge is -2.16. The predicted molar refractivity (Wildman–Crippen MR) is 156 cm³/mol. The van der Waals surface area contributed by atoms with Crippen LogP contribution in [-0.2, 0) is 4.79 Å². The largest absolute Gasteiger partial charge is 0.493 e. The lowest BCUT2D eigenvalue weighted by molar-refractivity contribution is -0.111. The van der Waals surface area contributed by atoms with E-state index in [1.807, 2.05) is 30.4 Å². The van der Waals surface area contributed by atoms with Crippen LogP contribution in [0, 0.1) is 0 Å². The number of nitrogens with two attached hydrogens (primary N) is 1. The molecular formula is C30H34N2O8. The third-order valence-electron chi connectivity index (χ3n) is 5.93. The van der Waals surface area contributed by atoms with Gasteiger partial charge in [0, 0.05) is 11.6 Å². The number of hydrogen-bond donors (Lipinski definition) is 2. The van der Waals surface area contributed by atoms with E-state index in [0.29, 0.717) is 62.7 Å². The van der Waals surface area contributed by atoms with Gasteiger partial charge in [-0.15, -0.1) is 0 Å². The van der Waals surface area contributed by atoms with Crippen LogP contribution in [0.15, 0.2) is 42.5 Å². The summed E-state index contributed by atoms with van der Waals surface area (Å²) in [6, 6.07) is 10.6. The molecule has 0 atom stereocenters. The highest BCUT2D eigenvalue weighted by atomic mass is 16.5. The molecule has 0 aromatic heterocycles. The maximum atomic E-state index is 13.0. The first-order chi connectivity index (χ1) is 19.3. The van der Waals surface area contributed by atoms with Crippen LogP contribution in [0.25, 0.3) is 18.2 Å². The molecule has 10 heteroatoms. The summed E-state index contributed by atoms with van der Waals surface area (Å²) in [7, 11) is 10.7. The minimum Gasteiger partial charge on any atom is -0.493 e. The molecule has 3 aromatic rings. The number of carbonyl (C=O) groups is 1. The molecule has 0 aliphatic rings. The highest BCUT2D eigenvalue weighted by Gasteiger charge is 2.17. The quantitative estimate of drug-likeness (QED) is 0.179. The van der Waals surface area contributed by atoms with E-state index in [0.717, 1.165) is 5.56 Å². The summed E-state index contributed by atoms with van der Waals surface area (Å²) < 4.78 is 38.0. The average molecular weight is 551 g/mol. The molecular weight excluding hydrogens is 516 g/mol. The van der Waals surface area contributed by atoms with Gasteiger partial charge < -0.3 is 44.2 Å². The Kier molecular flexibility index (Phi) is 10.1. The Morgan fingerprint density at radius 3 is 1.68 bits per heavy atom. The van der Waals surface area contributed by atoms with Gasteiger partial charge in [-0.25, -0.2) is 0 Å². The SMILES string of the molecule is COc1cc(/C=C/C(=O)Nc2c(/C=C/c3cc(OC)c(OC)c(OC)c3)ccc(OC)c2OC)cc(N)c1OC. The molecule has 1 amide bonds. The minimum atomic E-state index is -0.401. The van der Waals surface area contributed by atoms with E-state index in [2.05, 4.69) is 5.32 Å². The molecule has 0 fully saturated rings. The van der Waals surface area contributed by atoms with Crippen LogP contribution in [0.4, 0.5) is 11.4 Å². The lowest BCUT2D eigenvalue weighted by Crippen LogP contribution is -2.11. The molecule has 212 valence electrons. The standard InChI is InChI=1S/C30H34N2O8/c1-34-22-12-11-20(10-8-19-16-24(36-3)29(39-6)25(17-19)37-4)27(30(22)40-7)32-26(33)13-9-18-14-21(31)28(38-5)23(15-18)35-2/h8-17H,31H2,1-7H3,(H,32,33)/b10-8+,13-9+. The van der Waals surface area contributed by atoms with Crippen LogP contribution in [-0.4, -0.2) is 55.7 Å². The number of hydrogen-bond acceptors (Lipinski definition) is 9. The fourth-order valence-electron chi connectivity index (χ4n) is 4.04. The fourth-order valence-corrected chi connectivity index (χ4v) is 4.04. The van der Waals surface area contributed by atoms with Crippen molar-refractivity contribution in [1.29, 1.82) is 0 Å². The zero-order valence-electron chi connectivity index (χ0n) is 23.6. The Balaban J connectivity index is 1.97. The zero-order chi connectivity index (χ0) is 29.2. The molecule has 0 unspecified atom stereocenters. The molecule has 3 rings (SSSR count). The summed E-state index contributed by atoms with van der Waals surface area (Å²) in [5.41, 5.74) is 8.98. The van der Waals surface area contributed by atoms with Crippen molar-refractivity contribution in [2.45, 2.75) is 0 Å². The number of nitrogen functional groups attached to an aromatic ring is 1. The molecule has 0 bridgehead atoms. The van der Waals surface area contributed by atoms with Gasteiger partial charge in [0.05, 0.1) is 61.1 Å². The van der Waals surface area contributed by atoms with E-state index >= 15 is 0 Å². The van der Waals surface area contributed by atoms with Gasteiger partial charge in [-0.05, 0) is 53.6 Å². The van der Waals surface area contributed by atoms with Gasteiger partial charge >= 0.3 is 0 Å². The van der Waals surface area contributed by atoms with Gasteiger partial charge in [-0.2, -0.15) is 0 Å². The van der Waals surface area contributed by atoms with Crippen LogP contribution in [0.3, 0.4) is 0 Å². The number of carbonyl (C=O) groups excluding carboxylic acids is 1. The van der Waals surface area contributed by atoms with Crippen LogP contribution in [0.2, 0.25) is 0 Å². The molecule has 0 saturated carbocycles. The topological polar surface area (TPSA) is 120 Å². The van der Waals surface area contributed by atoms with Gasteiger partial charge in [0.15, 0.2) is 34.5 Å².